The summed E-state index contributed by atoms with van der Waals surface area (Å²) >= 11 is 0. The summed E-state index contributed by atoms with van der Waals surface area (Å²) in [4.78, 5) is 8.47. The summed E-state index contributed by atoms with van der Waals surface area (Å²) in [6.07, 6.45) is 1.73. The minimum atomic E-state index is 0.0882. The SMILES string of the molecule is CCc1nc(NN)cc(OC2CCOC2)n1. The molecule has 0 aromatic carbocycles. The molecular weight excluding hydrogens is 208 g/mol. The number of nitrogens with one attached hydrogen (secondary N) is 1. The normalized spacial score (nSPS) is 19.8. The van der Waals surface area contributed by atoms with E-state index in [-0.39, 0.29) is 6.10 Å². The zero-order chi connectivity index (χ0) is 11.4. The number of rotatable bonds is 4. The van der Waals surface area contributed by atoms with Gasteiger partial charge in [-0.2, -0.15) is 4.98 Å². The summed E-state index contributed by atoms with van der Waals surface area (Å²) in [5.74, 6) is 7.16. The van der Waals surface area contributed by atoms with E-state index in [1.54, 1.807) is 6.07 Å². The van der Waals surface area contributed by atoms with Gasteiger partial charge in [0.1, 0.15) is 17.7 Å². The summed E-state index contributed by atoms with van der Waals surface area (Å²) < 4.78 is 10.9. The maximum atomic E-state index is 5.69. The summed E-state index contributed by atoms with van der Waals surface area (Å²) in [7, 11) is 0. The molecular formula is C10H16N4O2. The minimum Gasteiger partial charge on any atom is -0.472 e. The fourth-order valence-electron chi connectivity index (χ4n) is 1.54. The predicted molar refractivity (Wildman–Crippen MR) is 59.1 cm³/mol. The molecule has 1 saturated heterocycles. The third kappa shape index (κ3) is 2.59. The van der Waals surface area contributed by atoms with Crippen molar-refractivity contribution in [1.29, 1.82) is 0 Å². The number of aryl methyl sites for hydroxylation is 1. The summed E-state index contributed by atoms with van der Waals surface area (Å²) in [6, 6.07) is 1.69. The number of nitrogens with two attached hydrogens (primary N) is 1. The third-order valence-electron chi connectivity index (χ3n) is 2.39. The molecule has 1 aromatic rings. The lowest BCUT2D eigenvalue weighted by Crippen LogP contribution is -2.18. The van der Waals surface area contributed by atoms with Crippen LogP contribution in [0.5, 0.6) is 5.88 Å². The Labute approximate surface area is 94.1 Å². The van der Waals surface area contributed by atoms with Gasteiger partial charge in [0.25, 0.3) is 0 Å². The molecule has 0 amide bonds. The fourth-order valence-corrected chi connectivity index (χ4v) is 1.54. The van der Waals surface area contributed by atoms with Crippen LogP contribution in [-0.4, -0.2) is 29.3 Å². The number of aromatic nitrogens is 2. The number of anilines is 1. The molecule has 6 nitrogen and oxygen atoms in total. The van der Waals surface area contributed by atoms with Crippen LogP contribution in [0.15, 0.2) is 6.07 Å². The van der Waals surface area contributed by atoms with E-state index in [4.69, 9.17) is 15.3 Å². The minimum absolute atomic E-state index is 0.0882. The van der Waals surface area contributed by atoms with Crippen molar-refractivity contribution in [3.8, 4) is 5.88 Å². The Morgan fingerprint density at radius 1 is 1.62 bits per heavy atom. The van der Waals surface area contributed by atoms with Crippen molar-refractivity contribution < 1.29 is 9.47 Å². The lowest BCUT2D eigenvalue weighted by atomic mass is 10.3. The highest BCUT2D eigenvalue weighted by molar-refractivity contribution is 5.37. The zero-order valence-corrected chi connectivity index (χ0v) is 9.27. The topological polar surface area (TPSA) is 82.3 Å². The van der Waals surface area contributed by atoms with Gasteiger partial charge in [0.15, 0.2) is 0 Å². The Hall–Kier alpha value is -1.40. The third-order valence-corrected chi connectivity index (χ3v) is 2.39. The molecule has 6 heteroatoms. The van der Waals surface area contributed by atoms with Crippen molar-refractivity contribution in [2.75, 3.05) is 18.6 Å². The highest BCUT2D eigenvalue weighted by Gasteiger charge is 2.18. The first-order chi connectivity index (χ1) is 7.81. The van der Waals surface area contributed by atoms with Crippen LogP contribution in [0.3, 0.4) is 0 Å². The van der Waals surface area contributed by atoms with Gasteiger partial charge in [-0.05, 0) is 0 Å². The first kappa shape index (κ1) is 11.1. The first-order valence-corrected chi connectivity index (χ1v) is 5.40. The van der Waals surface area contributed by atoms with Crippen LogP contribution < -0.4 is 16.0 Å². The van der Waals surface area contributed by atoms with E-state index in [1.165, 1.54) is 0 Å². The summed E-state index contributed by atoms with van der Waals surface area (Å²) in [5.41, 5.74) is 2.50. The molecule has 1 aliphatic rings. The molecule has 1 fully saturated rings. The molecule has 0 bridgehead atoms. The Kier molecular flexibility index (Phi) is 3.53. The van der Waals surface area contributed by atoms with Crippen molar-refractivity contribution >= 4 is 5.82 Å². The number of ether oxygens (including phenoxy) is 2. The number of nitrogens with zero attached hydrogens (tertiary/aromatic N) is 2. The van der Waals surface area contributed by atoms with Crippen LogP contribution in [0, 0.1) is 0 Å². The summed E-state index contributed by atoms with van der Waals surface area (Å²) in [5, 5.41) is 0. The molecule has 0 aliphatic carbocycles. The van der Waals surface area contributed by atoms with Crippen molar-refractivity contribution in [3.63, 3.8) is 0 Å². The van der Waals surface area contributed by atoms with Gasteiger partial charge in [0, 0.05) is 18.9 Å². The van der Waals surface area contributed by atoms with E-state index in [1.807, 2.05) is 6.92 Å². The van der Waals surface area contributed by atoms with Gasteiger partial charge in [0.05, 0.1) is 13.2 Å². The molecule has 1 aliphatic heterocycles. The standard InChI is InChI=1S/C10H16N4O2/c1-2-8-12-9(14-11)5-10(13-8)16-7-3-4-15-6-7/h5,7H,2-4,6,11H2,1H3,(H,12,13,14). The number of hydrogen-bond donors (Lipinski definition) is 2. The Morgan fingerprint density at radius 2 is 2.50 bits per heavy atom. The highest BCUT2D eigenvalue weighted by Crippen LogP contribution is 2.17. The highest BCUT2D eigenvalue weighted by atomic mass is 16.5. The van der Waals surface area contributed by atoms with Gasteiger partial charge >= 0.3 is 0 Å². The molecule has 0 radical (unpaired) electrons. The molecule has 1 unspecified atom stereocenters. The van der Waals surface area contributed by atoms with Crippen LogP contribution in [0.25, 0.3) is 0 Å². The largest absolute Gasteiger partial charge is 0.472 e. The van der Waals surface area contributed by atoms with Gasteiger partial charge in [-0.25, -0.2) is 10.8 Å². The van der Waals surface area contributed by atoms with Crippen molar-refractivity contribution in [2.45, 2.75) is 25.9 Å². The van der Waals surface area contributed by atoms with E-state index in [9.17, 15) is 0 Å². The van der Waals surface area contributed by atoms with Crippen molar-refractivity contribution in [3.05, 3.63) is 11.9 Å². The average Bonchev–Trinajstić information content (AvgIpc) is 2.81. The van der Waals surface area contributed by atoms with Gasteiger partial charge in [-0.3, -0.25) is 0 Å². The molecule has 1 aromatic heterocycles. The van der Waals surface area contributed by atoms with Gasteiger partial charge < -0.3 is 14.9 Å². The zero-order valence-electron chi connectivity index (χ0n) is 9.27. The second-order valence-electron chi connectivity index (χ2n) is 3.61. The van der Waals surface area contributed by atoms with Gasteiger partial charge in [-0.15, -0.1) is 0 Å². The molecule has 0 saturated carbocycles. The second-order valence-corrected chi connectivity index (χ2v) is 3.61. The maximum Gasteiger partial charge on any atom is 0.219 e. The molecule has 2 heterocycles. The van der Waals surface area contributed by atoms with Crippen LogP contribution in [0.4, 0.5) is 5.82 Å². The number of hydrazine groups is 1. The fraction of sp³-hybridized carbons (Fsp3) is 0.600. The van der Waals surface area contributed by atoms with Gasteiger partial charge in [0.2, 0.25) is 5.88 Å². The maximum absolute atomic E-state index is 5.69. The molecule has 0 spiro atoms. The Morgan fingerprint density at radius 3 is 3.12 bits per heavy atom. The Bertz CT molecular complexity index is 330. The van der Waals surface area contributed by atoms with E-state index in [0.29, 0.717) is 24.1 Å². The van der Waals surface area contributed by atoms with E-state index >= 15 is 0 Å². The monoisotopic (exact) mass is 224 g/mol. The van der Waals surface area contributed by atoms with Crippen LogP contribution in [0.2, 0.25) is 0 Å². The molecule has 88 valence electrons. The average molecular weight is 224 g/mol. The van der Waals surface area contributed by atoms with Crippen molar-refractivity contribution in [1.82, 2.24) is 9.97 Å². The number of hydrogen-bond acceptors (Lipinski definition) is 6. The molecule has 2 rings (SSSR count). The second kappa shape index (κ2) is 5.09. The lowest BCUT2D eigenvalue weighted by Gasteiger charge is -2.12. The van der Waals surface area contributed by atoms with Crippen LogP contribution in [-0.2, 0) is 11.2 Å². The smallest absolute Gasteiger partial charge is 0.219 e. The first-order valence-electron chi connectivity index (χ1n) is 5.40. The van der Waals surface area contributed by atoms with E-state index < -0.39 is 0 Å². The van der Waals surface area contributed by atoms with Crippen LogP contribution in [0.1, 0.15) is 19.2 Å². The van der Waals surface area contributed by atoms with E-state index in [0.717, 1.165) is 19.4 Å². The molecule has 16 heavy (non-hydrogen) atoms. The van der Waals surface area contributed by atoms with E-state index in [2.05, 4.69) is 15.4 Å². The Balaban J connectivity index is 2.12. The van der Waals surface area contributed by atoms with Crippen LogP contribution >= 0.6 is 0 Å². The van der Waals surface area contributed by atoms with Crippen molar-refractivity contribution in [2.24, 2.45) is 5.84 Å². The quantitative estimate of drug-likeness (QED) is 0.572. The number of nitrogen functional groups attached to an aromatic ring is 1. The summed E-state index contributed by atoms with van der Waals surface area (Å²) in [6.45, 7) is 3.35. The molecule has 3 N–H and O–H groups in total. The lowest BCUT2D eigenvalue weighted by molar-refractivity contribution is 0.138. The van der Waals surface area contributed by atoms with Gasteiger partial charge in [-0.1, -0.05) is 6.92 Å². The molecule has 1 atom stereocenters. The predicted octanol–water partition coefficient (Wildman–Crippen LogP) is 0.492.